The number of fused-ring (bicyclic) bond motifs is 1. The van der Waals surface area contributed by atoms with Crippen LogP contribution in [0.2, 0.25) is 5.02 Å². The van der Waals surface area contributed by atoms with Gasteiger partial charge in [0.2, 0.25) is 0 Å². The minimum absolute atomic E-state index is 0.212. The van der Waals surface area contributed by atoms with E-state index in [0.717, 1.165) is 11.1 Å². The monoisotopic (exact) mass is 388 g/mol. The van der Waals surface area contributed by atoms with E-state index in [-0.39, 0.29) is 17.1 Å². The molecule has 0 saturated heterocycles. The number of carbonyl (C=O) groups excluding carboxylic acids is 2. The zero-order valence-electron chi connectivity index (χ0n) is 15.2. The first-order valence-electron chi connectivity index (χ1n) is 8.85. The summed E-state index contributed by atoms with van der Waals surface area (Å²) >= 11 is 6.08. The molecule has 0 bridgehead atoms. The van der Waals surface area contributed by atoms with Crippen molar-refractivity contribution in [2.75, 3.05) is 7.11 Å². The maximum absolute atomic E-state index is 13.5. The molecule has 3 nitrogen and oxygen atoms in total. The molecule has 0 spiro atoms. The molecule has 0 N–H and O–H groups in total. The SMILES string of the molecule is COC(C1=CC(=O)c2ccccc2C1=O)(c1ccccc1)c1ccc(Cl)cc1. The van der Waals surface area contributed by atoms with E-state index in [1.807, 2.05) is 42.5 Å². The molecule has 0 saturated carbocycles. The number of ether oxygens (including phenoxy) is 1. The number of ketones is 2. The predicted octanol–water partition coefficient (Wildman–Crippen LogP) is 5.24. The van der Waals surface area contributed by atoms with E-state index in [1.54, 1.807) is 43.5 Å². The van der Waals surface area contributed by atoms with E-state index in [4.69, 9.17) is 16.3 Å². The summed E-state index contributed by atoms with van der Waals surface area (Å²) in [5, 5.41) is 0.576. The van der Waals surface area contributed by atoms with Gasteiger partial charge in [0.05, 0.1) is 0 Å². The molecular formula is C24H17ClO3. The average molecular weight is 389 g/mol. The Balaban J connectivity index is 2.01. The van der Waals surface area contributed by atoms with Gasteiger partial charge in [-0.05, 0) is 29.3 Å². The molecule has 3 aromatic rings. The summed E-state index contributed by atoms with van der Waals surface area (Å²) in [6.07, 6.45) is 1.40. The second-order valence-corrected chi connectivity index (χ2v) is 6.99. The lowest BCUT2D eigenvalue weighted by molar-refractivity contribution is 0.0486. The van der Waals surface area contributed by atoms with Crippen molar-refractivity contribution >= 4 is 23.2 Å². The van der Waals surface area contributed by atoms with Crippen LogP contribution >= 0.6 is 11.6 Å². The van der Waals surface area contributed by atoms with Crippen molar-refractivity contribution in [1.82, 2.24) is 0 Å². The van der Waals surface area contributed by atoms with Crippen LogP contribution in [0.5, 0.6) is 0 Å². The van der Waals surface area contributed by atoms with Gasteiger partial charge in [-0.2, -0.15) is 0 Å². The standard InChI is InChI=1S/C24H17ClO3/c1-28-24(16-7-3-2-4-8-16,17-11-13-18(25)14-12-17)21-15-22(26)19-9-5-6-10-20(19)23(21)27/h2-15H,1H3. The van der Waals surface area contributed by atoms with Gasteiger partial charge < -0.3 is 4.74 Å². The van der Waals surface area contributed by atoms with Crippen molar-refractivity contribution < 1.29 is 14.3 Å². The summed E-state index contributed by atoms with van der Waals surface area (Å²) in [5.41, 5.74) is 1.32. The predicted molar refractivity (Wildman–Crippen MR) is 109 cm³/mol. The van der Waals surface area contributed by atoms with E-state index < -0.39 is 5.60 Å². The van der Waals surface area contributed by atoms with Gasteiger partial charge in [0.1, 0.15) is 5.60 Å². The smallest absolute Gasteiger partial charge is 0.193 e. The van der Waals surface area contributed by atoms with Crippen LogP contribution in [0.15, 0.2) is 90.5 Å². The summed E-state index contributed by atoms with van der Waals surface area (Å²) in [4.78, 5) is 26.3. The normalized spacial score (nSPS) is 15.6. The Kier molecular flexibility index (Phi) is 4.71. The number of benzene rings is 3. The molecule has 4 rings (SSSR count). The number of hydrogen-bond acceptors (Lipinski definition) is 3. The highest BCUT2D eigenvalue weighted by Crippen LogP contribution is 2.43. The number of Topliss-reactive ketones (excluding diaryl/α,β-unsaturated/α-hetero) is 1. The van der Waals surface area contributed by atoms with E-state index in [9.17, 15) is 9.59 Å². The van der Waals surface area contributed by atoms with Crippen LogP contribution in [0.25, 0.3) is 0 Å². The Hall–Kier alpha value is -3.01. The number of rotatable bonds is 4. The third kappa shape index (κ3) is 2.80. The molecule has 0 amide bonds. The zero-order chi connectivity index (χ0) is 19.7. The average Bonchev–Trinajstić information content (AvgIpc) is 2.74. The van der Waals surface area contributed by atoms with Crippen LogP contribution < -0.4 is 0 Å². The number of allylic oxidation sites excluding steroid dienone is 1. The fourth-order valence-corrected chi connectivity index (χ4v) is 3.88. The summed E-state index contributed by atoms with van der Waals surface area (Å²) in [6.45, 7) is 0. The molecule has 0 radical (unpaired) electrons. The Labute approximate surface area is 168 Å². The van der Waals surface area contributed by atoms with E-state index in [1.165, 1.54) is 6.08 Å². The molecule has 28 heavy (non-hydrogen) atoms. The Morgan fingerprint density at radius 2 is 1.32 bits per heavy atom. The van der Waals surface area contributed by atoms with Gasteiger partial charge in [-0.3, -0.25) is 9.59 Å². The lowest BCUT2D eigenvalue weighted by Crippen LogP contribution is -2.38. The molecule has 1 unspecified atom stereocenters. The van der Waals surface area contributed by atoms with Crippen molar-refractivity contribution in [1.29, 1.82) is 0 Å². The highest BCUT2D eigenvalue weighted by molar-refractivity contribution is 6.30. The van der Waals surface area contributed by atoms with Crippen molar-refractivity contribution in [2.45, 2.75) is 5.60 Å². The van der Waals surface area contributed by atoms with Crippen LogP contribution in [0.4, 0.5) is 0 Å². The van der Waals surface area contributed by atoms with Gasteiger partial charge in [-0.25, -0.2) is 0 Å². The molecule has 1 atom stereocenters. The first kappa shape index (κ1) is 18.4. The van der Waals surface area contributed by atoms with Crippen molar-refractivity contribution in [3.63, 3.8) is 0 Å². The third-order valence-electron chi connectivity index (χ3n) is 5.07. The lowest BCUT2D eigenvalue weighted by atomic mass is 9.73. The number of carbonyl (C=O) groups is 2. The highest BCUT2D eigenvalue weighted by atomic mass is 35.5. The van der Waals surface area contributed by atoms with Crippen molar-refractivity contribution in [3.05, 3.63) is 118 Å². The van der Waals surface area contributed by atoms with Gasteiger partial charge in [0.25, 0.3) is 0 Å². The summed E-state index contributed by atoms with van der Waals surface area (Å²) in [7, 11) is 1.54. The first-order valence-corrected chi connectivity index (χ1v) is 9.22. The van der Waals surface area contributed by atoms with Crippen LogP contribution in [0.3, 0.4) is 0 Å². The molecule has 1 aliphatic carbocycles. The minimum Gasteiger partial charge on any atom is -0.364 e. The van der Waals surface area contributed by atoms with Crippen molar-refractivity contribution in [3.8, 4) is 0 Å². The zero-order valence-corrected chi connectivity index (χ0v) is 15.9. The van der Waals surface area contributed by atoms with Gasteiger partial charge in [0, 0.05) is 28.8 Å². The second-order valence-electron chi connectivity index (χ2n) is 6.56. The van der Waals surface area contributed by atoms with Crippen LogP contribution in [-0.2, 0) is 10.3 Å². The second kappa shape index (κ2) is 7.19. The molecule has 0 aromatic heterocycles. The Morgan fingerprint density at radius 3 is 1.96 bits per heavy atom. The molecule has 138 valence electrons. The van der Waals surface area contributed by atoms with Gasteiger partial charge in [-0.15, -0.1) is 0 Å². The fourth-order valence-electron chi connectivity index (χ4n) is 3.76. The van der Waals surface area contributed by atoms with Gasteiger partial charge >= 0.3 is 0 Å². The van der Waals surface area contributed by atoms with Crippen molar-refractivity contribution in [2.24, 2.45) is 0 Å². The summed E-state index contributed by atoms with van der Waals surface area (Å²) < 4.78 is 6.04. The summed E-state index contributed by atoms with van der Waals surface area (Å²) in [6, 6.07) is 23.4. The molecule has 4 heteroatoms. The molecule has 0 aliphatic heterocycles. The van der Waals surface area contributed by atoms with E-state index >= 15 is 0 Å². The Morgan fingerprint density at radius 1 is 0.750 bits per heavy atom. The first-order chi connectivity index (χ1) is 13.6. The maximum atomic E-state index is 13.5. The maximum Gasteiger partial charge on any atom is 0.193 e. The molecular weight excluding hydrogens is 372 g/mol. The molecule has 1 aliphatic rings. The quantitative estimate of drug-likeness (QED) is 0.614. The van der Waals surface area contributed by atoms with Gasteiger partial charge in [0.15, 0.2) is 11.6 Å². The van der Waals surface area contributed by atoms with E-state index in [0.29, 0.717) is 16.1 Å². The van der Waals surface area contributed by atoms with Crippen LogP contribution in [0.1, 0.15) is 31.8 Å². The fraction of sp³-hybridized carbons (Fsp3) is 0.0833. The van der Waals surface area contributed by atoms with Gasteiger partial charge in [-0.1, -0.05) is 78.3 Å². The topological polar surface area (TPSA) is 43.4 Å². The molecule has 3 aromatic carbocycles. The van der Waals surface area contributed by atoms with Crippen LogP contribution in [-0.4, -0.2) is 18.7 Å². The molecule has 0 heterocycles. The highest BCUT2D eigenvalue weighted by Gasteiger charge is 2.44. The van der Waals surface area contributed by atoms with Crippen LogP contribution in [0, 0.1) is 0 Å². The molecule has 0 fully saturated rings. The number of halogens is 1. The lowest BCUT2D eigenvalue weighted by Gasteiger charge is -2.36. The number of methoxy groups -OCH3 is 1. The third-order valence-corrected chi connectivity index (χ3v) is 5.33. The Bertz CT molecular complexity index is 1080. The number of hydrogen-bond donors (Lipinski definition) is 0. The van der Waals surface area contributed by atoms with E-state index in [2.05, 4.69) is 0 Å². The minimum atomic E-state index is -1.23. The summed E-state index contributed by atoms with van der Waals surface area (Å²) in [5.74, 6) is -0.438. The largest absolute Gasteiger partial charge is 0.364 e.